The van der Waals surface area contributed by atoms with Crippen LogP contribution < -0.4 is 4.90 Å². The summed E-state index contributed by atoms with van der Waals surface area (Å²) in [4.78, 5) is 22.6. The summed E-state index contributed by atoms with van der Waals surface area (Å²) in [6.45, 7) is 6.59. The van der Waals surface area contributed by atoms with Gasteiger partial charge in [-0.15, -0.1) is 5.10 Å². The third-order valence-corrected chi connectivity index (χ3v) is 6.80. The summed E-state index contributed by atoms with van der Waals surface area (Å²) >= 11 is 1.61. The van der Waals surface area contributed by atoms with Crippen LogP contribution in [0.1, 0.15) is 18.4 Å². The average Bonchev–Trinajstić information content (AvgIpc) is 3.34. The Labute approximate surface area is 173 Å². The van der Waals surface area contributed by atoms with Crippen LogP contribution in [0, 0.1) is 12.8 Å². The molecular weight excluding hydrogens is 386 g/mol. The quantitative estimate of drug-likeness (QED) is 0.663. The molecule has 29 heavy (non-hydrogen) atoms. The van der Waals surface area contributed by atoms with E-state index in [1.54, 1.807) is 11.3 Å². The van der Waals surface area contributed by atoms with Gasteiger partial charge < -0.3 is 14.5 Å². The number of rotatable bonds is 3. The van der Waals surface area contributed by atoms with E-state index in [0.29, 0.717) is 19.1 Å². The lowest BCUT2D eigenvalue weighted by Gasteiger charge is -2.35. The largest absolute Gasteiger partial charge is 0.378 e. The van der Waals surface area contributed by atoms with Gasteiger partial charge in [0.2, 0.25) is 16.0 Å². The number of piperidine rings is 1. The zero-order valence-corrected chi connectivity index (χ0v) is 17.4. The van der Waals surface area contributed by atoms with E-state index in [9.17, 15) is 4.79 Å². The lowest BCUT2D eigenvalue weighted by molar-refractivity contribution is -0.140. The fourth-order valence-electron chi connectivity index (χ4n) is 4.04. The van der Waals surface area contributed by atoms with E-state index in [-0.39, 0.29) is 5.92 Å². The van der Waals surface area contributed by atoms with Gasteiger partial charge in [0.1, 0.15) is 0 Å². The average molecular weight is 412 g/mol. The van der Waals surface area contributed by atoms with Gasteiger partial charge in [0.15, 0.2) is 0 Å². The minimum atomic E-state index is 0.126. The number of hydrogen-bond donors (Lipinski definition) is 0. The van der Waals surface area contributed by atoms with Crippen molar-refractivity contribution in [1.29, 1.82) is 0 Å². The fourth-order valence-corrected chi connectivity index (χ4v) is 4.98. The summed E-state index contributed by atoms with van der Waals surface area (Å²) in [5, 5.41) is 5.73. The van der Waals surface area contributed by atoms with Crippen LogP contribution in [0.25, 0.3) is 16.2 Å². The van der Waals surface area contributed by atoms with Crippen LogP contribution in [-0.4, -0.2) is 64.8 Å². The van der Waals surface area contributed by atoms with E-state index < -0.39 is 0 Å². The summed E-state index contributed by atoms with van der Waals surface area (Å²) in [5.41, 5.74) is 3.30. The van der Waals surface area contributed by atoms with Crippen LogP contribution >= 0.6 is 11.3 Å². The Morgan fingerprint density at radius 3 is 2.52 bits per heavy atom. The minimum Gasteiger partial charge on any atom is -0.378 e. The van der Waals surface area contributed by atoms with E-state index in [1.165, 1.54) is 5.56 Å². The lowest BCUT2D eigenvalue weighted by atomic mass is 9.95. The Kier molecular flexibility index (Phi) is 4.97. The van der Waals surface area contributed by atoms with E-state index in [4.69, 9.17) is 14.8 Å². The first kappa shape index (κ1) is 18.6. The number of carbonyl (C=O) groups is 1. The maximum atomic E-state index is 12.7. The molecule has 152 valence electrons. The molecule has 2 aliphatic rings. The number of aryl methyl sites for hydroxylation is 1. The number of morpholine rings is 1. The Morgan fingerprint density at radius 1 is 1.10 bits per heavy atom. The number of carbonyl (C=O) groups excluding carboxylic acids is 1. The van der Waals surface area contributed by atoms with Gasteiger partial charge in [-0.3, -0.25) is 4.79 Å². The monoisotopic (exact) mass is 411 g/mol. The molecule has 0 saturated carbocycles. The van der Waals surface area contributed by atoms with Crippen molar-refractivity contribution in [3.8, 4) is 11.3 Å². The topological polar surface area (TPSA) is 63.0 Å². The lowest BCUT2D eigenvalue weighted by Crippen LogP contribution is -2.46. The number of nitrogens with zero attached hydrogens (tertiary/aromatic N) is 5. The molecule has 0 unspecified atom stereocenters. The number of amides is 1. The molecule has 1 amide bonds. The third kappa shape index (κ3) is 3.74. The predicted octanol–water partition coefficient (Wildman–Crippen LogP) is 2.84. The number of ether oxygens (including phenoxy) is 1. The van der Waals surface area contributed by atoms with Crippen molar-refractivity contribution in [3.05, 3.63) is 36.0 Å². The highest BCUT2D eigenvalue weighted by Gasteiger charge is 2.30. The summed E-state index contributed by atoms with van der Waals surface area (Å²) in [5.74, 6) is 0.422. The molecule has 2 aromatic heterocycles. The minimum absolute atomic E-state index is 0.126. The van der Waals surface area contributed by atoms with Crippen molar-refractivity contribution in [1.82, 2.24) is 19.5 Å². The SMILES string of the molecule is Cc1ccc(-c2cn3nc(N4CCC(C(=O)N5CCOCC5)CC4)sc3n2)cc1. The first-order chi connectivity index (χ1) is 14.2. The number of anilines is 1. The smallest absolute Gasteiger partial charge is 0.225 e. The number of benzene rings is 1. The second-order valence-electron chi connectivity index (χ2n) is 7.80. The molecule has 0 atom stereocenters. The van der Waals surface area contributed by atoms with Crippen molar-refractivity contribution in [2.24, 2.45) is 5.92 Å². The highest BCUT2D eigenvalue weighted by molar-refractivity contribution is 7.20. The Hall–Kier alpha value is -2.45. The molecule has 8 heteroatoms. The summed E-state index contributed by atoms with van der Waals surface area (Å²) < 4.78 is 7.23. The number of fused-ring (bicyclic) bond motifs is 1. The maximum absolute atomic E-state index is 12.7. The fraction of sp³-hybridized carbons (Fsp3) is 0.476. The molecule has 0 N–H and O–H groups in total. The zero-order chi connectivity index (χ0) is 19.8. The normalized spacial score (nSPS) is 18.5. The van der Waals surface area contributed by atoms with Crippen LogP contribution in [0.3, 0.4) is 0 Å². The van der Waals surface area contributed by atoms with Crippen LogP contribution in [0.5, 0.6) is 0 Å². The molecule has 5 rings (SSSR count). The Bertz CT molecular complexity index is 966. The van der Waals surface area contributed by atoms with Crippen LogP contribution in [0.4, 0.5) is 5.13 Å². The molecule has 0 radical (unpaired) electrons. The van der Waals surface area contributed by atoms with E-state index in [1.807, 2.05) is 15.6 Å². The summed E-state index contributed by atoms with van der Waals surface area (Å²) in [6, 6.07) is 8.39. The molecule has 0 spiro atoms. The molecule has 1 aromatic carbocycles. The Morgan fingerprint density at radius 2 is 1.83 bits per heavy atom. The molecule has 2 saturated heterocycles. The van der Waals surface area contributed by atoms with Gasteiger partial charge in [0, 0.05) is 37.7 Å². The molecule has 2 fully saturated rings. The Balaban J connectivity index is 1.24. The van der Waals surface area contributed by atoms with Crippen molar-refractivity contribution >= 4 is 27.3 Å². The van der Waals surface area contributed by atoms with Crippen molar-refractivity contribution < 1.29 is 9.53 Å². The highest BCUT2D eigenvalue weighted by Crippen LogP contribution is 2.30. The maximum Gasteiger partial charge on any atom is 0.225 e. The van der Waals surface area contributed by atoms with E-state index >= 15 is 0 Å². The van der Waals surface area contributed by atoms with Gasteiger partial charge in [0.25, 0.3) is 0 Å². The molecule has 7 nitrogen and oxygen atoms in total. The van der Waals surface area contributed by atoms with Gasteiger partial charge in [0.05, 0.1) is 25.1 Å². The van der Waals surface area contributed by atoms with Crippen LogP contribution in [0.2, 0.25) is 0 Å². The standard InChI is InChI=1S/C21H25N5O2S/c1-15-2-4-16(5-3-15)18-14-26-20(22-18)29-21(23-26)25-8-6-17(7-9-25)19(27)24-10-12-28-13-11-24/h2-5,14,17H,6-13H2,1H3. The molecular formula is C21H25N5O2S. The first-order valence-corrected chi connectivity index (χ1v) is 11.0. The number of imidazole rings is 1. The van der Waals surface area contributed by atoms with Crippen molar-refractivity contribution in [3.63, 3.8) is 0 Å². The number of aromatic nitrogens is 3. The second-order valence-corrected chi connectivity index (χ2v) is 8.74. The molecule has 0 bridgehead atoms. The summed E-state index contributed by atoms with van der Waals surface area (Å²) in [6.07, 6.45) is 3.76. The van der Waals surface area contributed by atoms with Gasteiger partial charge >= 0.3 is 0 Å². The van der Waals surface area contributed by atoms with E-state index in [2.05, 4.69) is 36.1 Å². The van der Waals surface area contributed by atoms with Gasteiger partial charge in [-0.2, -0.15) is 0 Å². The van der Waals surface area contributed by atoms with Crippen LogP contribution in [0.15, 0.2) is 30.5 Å². The van der Waals surface area contributed by atoms with Gasteiger partial charge in [-0.25, -0.2) is 9.50 Å². The predicted molar refractivity (Wildman–Crippen MR) is 113 cm³/mol. The highest BCUT2D eigenvalue weighted by atomic mass is 32.1. The third-order valence-electron chi connectivity index (χ3n) is 5.82. The summed E-state index contributed by atoms with van der Waals surface area (Å²) in [7, 11) is 0. The molecule has 0 aliphatic carbocycles. The molecule has 4 heterocycles. The first-order valence-electron chi connectivity index (χ1n) is 10.2. The second kappa shape index (κ2) is 7.76. The van der Waals surface area contributed by atoms with Gasteiger partial charge in [-0.1, -0.05) is 41.2 Å². The van der Waals surface area contributed by atoms with Crippen molar-refractivity contribution in [2.75, 3.05) is 44.3 Å². The van der Waals surface area contributed by atoms with Gasteiger partial charge in [-0.05, 0) is 19.8 Å². The molecule has 2 aliphatic heterocycles. The zero-order valence-electron chi connectivity index (χ0n) is 16.6. The molecule has 3 aromatic rings. The number of hydrogen-bond acceptors (Lipinski definition) is 6. The van der Waals surface area contributed by atoms with E-state index in [0.717, 1.165) is 60.4 Å². The van der Waals surface area contributed by atoms with Crippen molar-refractivity contribution in [2.45, 2.75) is 19.8 Å². The van der Waals surface area contributed by atoms with Crippen LogP contribution in [-0.2, 0) is 9.53 Å².